The van der Waals surface area contributed by atoms with E-state index in [2.05, 4.69) is 19.1 Å². The Labute approximate surface area is 149 Å². The van der Waals surface area contributed by atoms with Gasteiger partial charge in [0.25, 0.3) is 0 Å². The number of rotatable bonds is 2. The minimum atomic E-state index is -0.497. The first-order chi connectivity index (χ1) is 11.8. The number of aryl methyl sites for hydroxylation is 1. The molecule has 2 atom stereocenters. The second-order valence-electron chi connectivity index (χ2n) is 7.72. The van der Waals surface area contributed by atoms with Crippen LogP contribution in [-0.4, -0.2) is 49.0 Å². The first kappa shape index (κ1) is 17.8. The molecule has 3 rings (SSSR count). The third-order valence-electron chi connectivity index (χ3n) is 4.58. The van der Waals surface area contributed by atoms with Gasteiger partial charge in [0.2, 0.25) is 0 Å². The Morgan fingerprint density at radius 2 is 2.04 bits per heavy atom. The SMILES string of the molecule is COc1ccc(C2=CC3COCC(C2)N3C(=O)OC(C)(C)C)c(C)c1. The van der Waals surface area contributed by atoms with Gasteiger partial charge in [0.1, 0.15) is 11.4 Å². The monoisotopic (exact) mass is 345 g/mol. The number of nitrogens with zero attached hydrogens (tertiary/aromatic N) is 1. The smallest absolute Gasteiger partial charge is 0.411 e. The van der Waals surface area contributed by atoms with Crippen molar-refractivity contribution in [3.05, 3.63) is 35.4 Å². The molecular weight excluding hydrogens is 318 g/mol. The Balaban J connectivity index is 1.87. The Hall–Kier alpha value is -2.01. The number of carbonyl (C=O) groups excluding carboxylic acids is 1. The van der Waals surface area contributed by atoms with Crippen molar-refractivity contribution in [1.29, 1.82) is 0 Å². The fraction of sp³-hybridized carbons (Fsp3) is 0.550. The molecule has 1 aromatic rings. The van der Waals surface area contributed by atoms with Gasteiger partial charge in [0, 0.05) is 0 Å². The maximum atomic E-state index is 12.6. The lowest BCUT2D eigenvalue weighted by Gasteiger charge is -2.44. The van der Waals surface area contributed by atoms with E-state index >= 15 is 0 Å². The molecule has 1 fully saturated rings. The first-order valence-corrected chi connectivity index (χ1v) is 8.73. The van der Waals surface area contributed by atoms with Crippen molar-refractivity contribution < 1.29 is 19.0 Å². The van der Waals surface area contributed by atoms with Crippen molar-refractivity contribution in [3.8, 4) is 5.75 Å². The topological polar surface area (TPSA) is 48.0 Å². The minimum Gasteiger partial charge on any atom is -0.497 e. The molecule has 0 aliphatic carbocycles. The lowest BCUT2D eigenvalue weighted by Crippen LogP contribution is -2.57. The molecule has 1 saturated heterocycles. The molecule has 136 valence electrons. The molecule has 0 N–H and O–H groups in total. The molecule has 0 spiro atoms. The van der Waals surface area contributed by atoms with Crippen LogP contribution in [0, 0.1) is 6.92 Å². The number of amides is 1. The number of carbonyl (C=O) groups is 1. The van der Waals surface area contributed by atoms with Gasteiger partial charge in [-0.25, -0.2) is 4.79 Å². The number of fused-ring (bicyclic) bond motifs is 2. The number of hydrogen-bond donors (Lipinski definition) is 0. The van der Waals surface area contributed by atoms with Crippen LogP contribution in [-0.2, 0) is 9.47 Å². The van der Waals surface area contributed by atoms with E-state index < -0.39 is 5.60 Å². The summed E-state index contributed by atoms with van der Waals surface area (Å²) in [6.07, 6.45) is 2.66. The van der Waals surface area contributed by atoms with Crippen LogP contribution in [0.1, 0.15) is 38.3 Å². The molecule has 1 amide bonds. The molecule has 25 heavy (non-hydrogen) atoms. The van der Waals surface area contributed by atoms with Crippen molar-refractivity contribution in [2.24, 2.45) is 0 Å². The highest BCUT2D eigenvalue weighted by molar-refractivity contribution is 5.76. The zero-order valence-electron chi connectivity index (χ0n) is 15.7. The lowest BCUT2D eigenvalue weighted by atomic mass is 9.88. The largest absolute Gasteiger partial charge is 0.497 e. The van der Waals surface area contributed by atoms with E-state index in [1.165, 1.54) is 16.7 Å². The van der Waals surface area contributed by atoms with E-state index in [9.17, 15) is 4.79 Å². The number of morpholine rings is 1. The molecule has 0 aromatic heterocycles. The van der Waals surface area contributed by atoms with Gasteiger partial charge in [-0.2, -0.15) is 0 Å². The standard InChI is InChI=1S/C20H27NO4/c1-13-8-17(23-5)6-7-18(13)14-9-15-11-24-12-16(10-14)21(15)19(22)25-20(2,3)4/h6-9,15-16H,10-12H2,1-5H3. The normalized spacial score (nSPS) is 23.1. The average molecular weight is 345 g/mol. The maximum absolute atomic E-state index is 12.6. The summed E-state index contributed by atoms with van der Waals surface area (Å²) in [6.45, 7) is 8.82. The van der Waals surface area contributed by atoms with Gasteiger partial charge < -0.3 is 14.2 Å². The molecule has 2 bridgehead atoms. The number of benzene rings is 1. The summed E-state index contributed by atoms with van der Waals surface area (Å²) in [5.74, 6) is 0.858. The van der Waals surface area contributed by atoms with Gasteiger partial charge in [0.15, 0.2) is 0 Å². The predicted molar refractivity (Wildman–Crippen MR) is 96.8 cm³/mol. The van der Waals surface area contributed by atoms with Gasteiger partial charge in [-0.1, -0.05) is 12.1 Å². The van der Waals surface area contributed by atoms with E-state index in [1.54, 1.807) is 7.11 Å². The van der Waals surface area contributed by atoms with Crippen LogP contribution < -0.4 is 4.74 Å². The van der Waals surface area contributed by atoms with E-state index in [0.717, 1.165) is 12.2 Å². The maximum Gasteiger partial charge on any atom is 0.411 e. The fourth-order valence-corrected chi connectivity index (χ4v) is 3.52. The van der Waals surface area contributed by atoms with Gasteiger partial charge in [0.05, 0.1) is 32.4 Å². The molecule has 2 heterocycles. The zero-order valence-corrected chi connectivity index (χ0v) is 15.7. The molecule has 0 saturated carbocycles. The van der Waals surface area contributed by atoms with Crippen LogP contribution >= 0.6 is 0 Å². The van der Waals surface area contributed by atoms with Gasteiger partial charge in [-0.05, 0) is 62.9 Å². The summed E-state index contributed by atoms with van der Waals surface area (Å²) in [4.78, 5) is 14.5. The first-order valence-electron chi connectivity index (χ1n) is 8.73. The van der Waals surface area contributed by atoms with E-state index in [1.807, 2.05) is 37.8 Å². The highest BCUT2D eigenvalue weighted by Gasteiger charge is 2.40. The third-order valence-corrected chi connectivity index (χ3v) is 4.58. The van der Waals surface area contributed by atoms with Crippen molar-refractivity contribution in [2.45, 2.75) is 51.8 Å². The second kappa shape index (κ2) is 6.71. The van der Waals surface area contributed by atoms with Crippen LogP contribution in [0.5, 0.6) is 5.75 Å². The second-order valence-corrected chi connectivity index (χ2v) is 7.72. The van der Waals surface area contributed by atoms with Crippen LogP contribution in [0.2, 0.25) is 0 Å². The summed E-state index contributed by atoms with van der Waals surface area (Å²) >= 11 is 0. The summed E-state index contributed by atoms with van der Waals surface area (Å²) in [5, 5.41) is 0. The molecular formula is C20H27NO4. The summed E-state index contributed by atoms with van der Waals surface area (Å²) in [7, 11) is 1.68. The molecule has 5 nitrogen and oxygen atoms in total. The number of ether oxygens (including phenoxy) is 3. The highest BCUT2D eigenvalue weighted by Crippen LogP contribution is 2.35. The Bertz CT molecular complexity index is 689. The van der Waals surface area contributed by atoms with E-state index in [-0.39, 0.29) is 18.2 Å². The van der Waals surface area contributed by atoms with E-state index in [4.69, 9.17) is 14.2 Å². The zero-order chi connectivity index (χ0) is 18.2. The number of methoxy groups -OCH3 is 1. The van der Waals surface area contributed by atoms with Crippen molar-refractivity contribution in [2.75, 3.05) is 20.3 Å². The lowest BCUT2D eigenvalue weighted by molar-refractivity contribution is -0.0510. The van der Waals surface area contributed by atoms with Gasteiger partial charge >= 0.3 is 6.09 Å². The fourth-order valence-electron chi connectivity index (χ4n) is 3.52. The van der Waals surface area contributed by atoms with Crippen LogP contribution in [0.3, 0.4) is 0 Å². The third kappa shape index (κ3) is 3.82. The quantitative estimate of drug-likeness (QED) is 0.818. The summed E-state index contributed by atoms with van der Waals surface area (Å²) in [6, 6.07) is 6.05. The van der Waals surface area contributed by atoms with Crippen LogP contribution in [0.4, 0.5) is 4.79 Å². The molecule has 2 unspecified atom stereocenters. The molecule has 0 radical (unpaired) electrons. The Kier molecular flexibility index (Phi) is 4.78. The minimum absolute atomic E-state index is 0.00935. The van der Waals surface area contributed by atoms with Gasteiger partial charge in [-0.15, -0.1) is 0 Å². The van der Waals surface area contributed by atoms with E-state index in [0.29, 0.717) is 13.2 Å². The Morgan fingerprint density at radius 3 is 2.64 bits per heavy atom. The average Bonchev–Trinajstić information content (AvgIpc) is 2.51. The molecule has 2 aliphatic rings. The van der Waals surface area contributed by atoms with Crippen molar-refractivity contribution in [1.82, 2.24) is 4.90 Å². The summed E-state index contributed by atoms with van der Waals surface area (Å²) < 4.78 is 16.6. The van der Waals surface area contributed by atoms with Crippen LogP contribution in [0.15, 0.2) is 24.3 Å². The number of hydrogen-bond acceptors (Lipinski definition) is 4. The van der Waals surface area contributed by atoms with Gasteiger partial charge in [-0.3, -0.25) is 4.90 Å². The van der Waals surface area contributed by atoms with Crippen molar-refractivity contribution in [3.63, 3.8) is 0 Å². The van der Waals surface area contributed by atoms with Crippen molar-refractivity contribution >= 4 is 11.7 Å². The Morgan fingerprint density at radius 1 is 1.28 bits per heavy atom. The molecule has 2 aliphatic heterocycles. The summed E-state index contributed by atoms with van der Waals surface area (Å²) in [5.41, 5.74) is 3.15. The predicted octanol–water partition coefficient (Wildman–Crippen LogP) is 3.80. The molecule has 5 heteroatoms. The molecule has 1 aromatic carbocycles. The van der Waals surface area contributed by atoms with Crippen LogP contribution in [0.25, 0.3) is 5.57 Å². The highest BCUT2D eigenvalue weighted by atomic mass is 16.6.